The number of hydrogen-bond donors (Lipinski definition) is 2. The zero-order chi connectivity index (χ0) is 17.4. The molecule has 126 valence electrons. The van der Waals surface area contributed by atoms with Gasteiger partial charge in [-0.15, -0.1) is 0 Å². The third-order valence-corrected chi connectivity index (χ3v) is 3.33. The van der Waals surface area contributed by atoms with Gasteiger partial charge < -0.3 is 20.6 Å². The molecule has 3 N–H and O–H groups in total. The van der Waals surface area contributed by atoms with Crippen LogP contribution in [0, 0.1) is 0 Å². The molecule has 2 aromatic carbocycles. The van der Waals surface area contributed by atoms with Gasteiger partial charge in [0.15, 0.2) is 18.1 Å². The molecule has 0 atom stereocenters. The highest BCUT2D eigenvalue weighted by Crippen LogP contribution is 2.28. The van der Waals surface area contributed by atoms with Crippen LogP contribution >= 0.6 is 11.6 Å². The van der Waals surface area contributed by atoms with Crippen LogP contribution in [0.15, 0.2) is 47.6 Å². The van der Waals surface area contributed by atoms with Crippen molar-refractivity contribution in [3.05, 3.63) is 53.1 Å². The molecule has 0 spiro atoms. The van der Waals surface area contributed by atoms with Crippen molar-refractivity contribution in [2.45, 2.75) is 6.92 Å². The van der Waals surface area contributed by atoms with Gasteiger partial charge in [0, 0.05) is 0 Å². The predicted molar refractivity (Wildman–Crippen MR) is 95.0 cm³/mol. The van der Waals surface area contributed by atoms with Crippen molar-refractivity contribution in [2.24, 2.45) is 10.9 Å². The Morgan fingerprint density at radius 1 is 1.25 bits per heavy atom. The standard InChI is InChI=1S/C17H18ClN3O3/c1-2-23-16-9-12(10-20-19)7-8-15(16)24-11-17(22)21-14-6-4-3-5-13(14)18/h3-10H,2,11,19H2,1H3,(H,21,22). The van der Waals surface area contributed by atoms with E-state index in [9.17, 15) is 4.79 Å². The third kappa shape index (κ3) is 4.89. The molecule has 1 amide bonds. The molecular formula is C17H18ClN3O3. The number of rotatable bonds is 7. The molecule has 24 heavy (non-hydrogen) atoms. The number of hydrogen-bond acceptors (Lipinski definition) is 5. The fourth-order valence-electron chi connectivity index (χ4n) is 1.97. The van der Waals surface area contributed by atoms with Gasteiger partial charge in [-0.05, 0) is 42.8 Å². The molecule has 2 aromatic rings. The second-order valence-corrected chi connectivity index (χ2v) is 5.14. The fraction of sp³-hybridized carbons (Fsp3) is 0.176. The van der Waals surface area contributed by atoms with Crippen LogP contribution < -0.4 is 20.6 Å². The number of para-hydroxylation sites is 1. The van der Waals surface area contributed by atoms with Crippen LogP contribution in [-0.2, 0) is 4.79 Å². The molecule has 0 saturated carbocycles. The van der Waals surface area contributed by atoms with Crippen LogP contribution in [0.25, 0.3) is 0 Å². The first kappa shape index (κ1) is 17.6. The maximum atomic E-state index is 12.0. The number of amides is 1. The molecule has 2 rings (SSSR count). The minimum Gasteiger partial charge on any atom is -0.490 e. The normalized spacial score (nSPS) is 10.6. The third-order valence-electron chi connectivity index (χ3n) is 3.00. The van der Waals surface area contributed by atoms with Crippen molar-refractivity contribution in [1.29, 1.82) is 0 Å². The maximum Gasteiger partial charge on any atom is 0.262 e. The molecule has 0 aliphatic heterocycles. The van der Waals surface area contributed by atoms with Crippen LogP contribution in [0.3, 0.4) is 0 Å². The number of anilines is 1. The van der Waals surface area contributed by atoms with Crippen molar-refractivity contribution in [1.82, 2.24) is 0 Å². The van der Waals surface area contributed by atoms with E-state index in [0.717, 1.165) is 5.56 Å². The Labute approximate surface area is 145 Å². The number of nitrogens with two attached hydrogens (primary N) is 1. The van der Waals surface area contributed by atoms with E-state index in [1.165, 1.54) is 6.21 Å². The maximum absolute atomic E-state index is 12.0. The molecular weight excluding hydrogens is 330 g/mol. The lowest BCUT2D eigenvalue weighted by molar-refractivity contribution is -0.118. The van der Waals surface area contributed by atoms with Gasteiger partial charge >= 0.3 is 0 Å². The zero-order valence-electron chi connectivity index (χ0n) is 13.2. The average molecular weight is 348 g/mol. The van der Waals surface area contributed by atoms with Gasteiger partial charge in [-0.2, -0.15) is 5.10 Å². The van der Waals surface area contributed by atoms with E-state index in [0.29, 0.717) is 28.8 Å². The number of halogens is 1. The SMILES string of the molecule is CCOc1cc(C=NN)ccc1OCC(=O)Nc1ccccc1Cl. The highest BCUT2D eigenvalue weighted by Gasteiger charge is 2.10. The number of nitrogens with one attached hydrogen (secondary N) is 1. The summed E-state index contributed by atoms with van der Waals surface area (Å²) in [5, 5.41) is 6.62. The molecule has 6 nitrogen and oxygen atoms in total. The van der Waals surface area contributed by atoms with E-state index in [4.69, 9.17) is 26.9 Å². The molecule has 0 radical (unpaired) electrons. The second kappa shape index (κ2) is 8.79. The van der Waals surface area contributed by atoms with E-state index in [-0.39, 0.29) is 12.5 Å². The van der Waals surface area contributed by atoms with Crippen molar-refractivity contribution in [3.8, 4) is 11.5 Å². The number of nitrogens with zero attached hydrogens (tertiary/aromatic N) is 1. The first-order valence-electron chi connectivity index (χ1n) is 7.31. The van der Waals surface area contributed by atoms with E-state index in [1.54, 1.807) is 42.5 Å². The summed E-state index contributed by atoms with van der Waals surface area (Å²) in [4.78, 5) is 12.0. The Bertz CT molecular complexity index is 735. The first-order chi connectivity index (χ1) is 11.6. The van der Waals surface area contributed by atoms with Gasteiger partial charge in [-0.3, -0.25) is 4.79 Å². The van der Waals surface area contributed by atoms with Crippen LogP contribution in [0.4, 0.5) is 5.69 Å². The van der Waals surface area contributed by atoms with Gasteiger partial charge in [0.1, 0.15) is 0 Å². The number of benzene rings is 2. The van der Waals surface area contributed by atoms with E-state index >= 15 is 0 Å². The summed E-state index contributed by atoms with van der Waals surface area (Å²) in [5.74, 6) is 5.79. The highest BCUT2D eigenvalue weighted by atomic mass is 35.5. The summed E-state index contributed by atoms with van der Waals surface area (Å²) in [6.45, 7) is 2.15. The minimum absolute atomic E-state index is 0.171. The largest absolute Gasteiger partial charge is 0.490 e. The summed E-state index contributed by atoms with van der Waals surface area (Å²) in [5.41, 5.74) is 1.31. The Morgan fingerprint density at radius 3 is 2.75 bits per heavy atom. The van der Waals surface area contributed by atoms with E-state index < -0.39 is 0 Å². The smallest absolute Gasteiger partial charge is 0.262 e. The Morgan fingerprint density at radius 2 is 2.04 bits per heavy atom. The fourth-order valence-corrected chi connectivity index (χ4v) is 2.15. The molecule has 0 bridgehead atoms. The van der Waals surface area contributed by atoms with Crippen molar-refractivity contribution < 1.29 is 14.3 Å². The lowest BCUT2D eigenvalue weighted by Gasteiger charge is -2.13. The number of hydrazone groups is 1. The topological polar surface area (TPSA) is 85.9 Å². The van der Waals surface area contributed by atoms with Crippen LogP contribution in [0.2, 0.25) is 5.02 Å². The quantitative estimate of drug-likeness (QED) is 0.458. The molecule has 0 aromatic heterocycles. The lowest BCUT2D eigenvalue weighted by atomic mass is 10.2. The van der Waals surface area contributed by atoms with Gasteiger partial charge in [0.05, 0.1) is 23.5 Å². The summed E-state index contributed by atoms with van der Waals surface area (Å²) < 4.78 is 11.1. The summed E-state index contributed by atoms with van der Waals surface area (Å²) in [6.07, 6.45) is 1.50. The van der Waals surface area contributed by atoms with Crippen LogP contribution in [0.5, 0.6) is 11.5 Å². The second-order valence-electron chi connectivity index (χ2n) is 4.73. The number of carbonyl (C=O) groups excluding carboxylic acids is 1. The van der Waals surface area contributed by atoms with Crippen molar-refractivity contribution in [3.63, 3.8) is 0 Å². The minimum atomic E-state index is -0.321. The zero-order valence-corrected chi connectivity index (χ0v) is 13.9. The van der Waals surface area contributed by atoms with Gasteiger partial charge in [0.25, 0.3) is 5.91 Å². The molecule has 0 aliphatic carbocycles. The summed E-state index contributed by atoms with van der Waals surface area (Å²) in [6, 6.07) is 12.2. The van der Waals surface area contributed by atoms with Crippen LogP contribution in [-0.4, -0.2) is 25.3 Å². The molecule has 0 unspecified atom stereocenters. The molecule has 0 fully saturated rings. The number of ether oxygens (including phenoxy) is 2. The average Bonchev–Trinajstić information content (AvgIpc) is 2.57. The van der Waals surface area contributed by atoms with Crippen molar-refractivity contribution >= 4 is 29.4 Å². The molecule has 0 heterocycles. The summed E-state index contributed by atoms with van der Waals surface area (Å²) in [7, 11) is 0. The molecule has 0 aliphatic rings. The highest BCUT2D eigenvalue weighted by molar-refractivity contribution is 6.33. The van der Waals surface area contributed by atoms with Gasteiger partial charge in [0.2, 0.25) is 0 Å². The Balaban J connectivity index is 2.02. The Hall–Kier alpha value is -2.73. The van der Waals surface area contributed by atoms with Gasteiger partial charge in [-0.25, -0.2) is 0 Å². The lowest BCUT2D eigenvalue weighted by Crippen LogP contribution is -2.20. The predicted octanol–water partition coefficient (Wildman–Crippen LogP) is 3.05. The molecule has 7 heteroatoms. The monoisotopic (exact) mass is 347 g/mol. The summed E-state index contributed by atoms with van der Waals surface area (Å²) >= 11 is 6.00. The Kier molecular flexibility index (Phi) is 6.45. The first-order valence-corrected chi connectivity index (χ1v) is 7.69. The molecule has 0 saturated heterocycles. The van der Waals surface area contributed by atoms with Crippen molar-refractivity contribution in [2.75, 3.05) is 18.5 Å². The number of carbonyl (C=O) groups is 1. The van der Waals surface area contributed by atoms with Gasteiger partial charge in [-0.1, -0.05) is 23.7 Å². The van der Waals surface area contributed by atoms with E-state index in [2.05, 4.69) is 10.4 Å². The van der Waals surface area contributed by atoms with E-state index in [1.807, 2.05) is 6.92 Å². The van der Waals surface area contributed by atoms with Crippen LogP contribution in [0.1, 0.15) is 12.5 Å².